The minimum absolute atomic E-state index is 0.00675. The number of hydrogen-bond acceptors (Lipinski definition) is 7. The smallest absolute Gasteiger partial charge is 0.235 e. The van der Waals surface area contributed by atoms with Crippen molar-refractivity contribution in [2.45, 2.75) is 37.8 Å². The lowest BCUT2D eigenvalue weighted by atomic mass is 9.94. The van der Waals surface area contributed by atoms with Crippen LogP contribution in [-0.4, -0.2) is 37.2 Å². The molecule has 5 rings (SSSR count). The highest BCUT2D eigenvalue weighted by molar-refractivity contribution is 7.99. The molecule has 9 heteroatoms. The van der Waals surface area contributed by atoms with Gasteiger partial charge in [0, 0.05) is 28.5 Å². The second-order valence-corrected chi connectivity index (χ2v) is 10.1. The summed E-state index contributed by atoms with van der Waals surface area (Å²) in [7, 11) is 0. The average Bonchev–Trinajstić information content (AvgIpc) is 3.45. The molecule has 0 saturated carbocycles. The number of carbonyl (C=O) groups excluding carboxylic acids is 2. The number of anilines is 1. The lowest BCUT2D eigenvalue weighted by molar-refractivity contribution is -0.113. The second-order valence-electron chi connectivity index (χ2n) is 8.03. The number of thioether (sulfide) groups is 1. The summed E-state index contributed by atoms with van der Waals surface area (Å²) in [5, 5.41) is 13.0. The Morgan fingerprint density at radius 1 is 1.09 bits per heavy atom. The van der Waals surface area contributed by atoms with Crippen molar-refractivity contribution in [3.63, 3.8) is 0 Å². The number of ketones is 1. The maximum absolute atomic E-state index is 12.9. The molecule has 1 aliphatic carbocycles. The van der Waals surface area contributed by atoms with Gasteiger partial charge in [0.1, 0.15) is 5.00 Å². The number of Topliss-reactive ketones (excluding diaryl/α,β-unsaturated/α-hetero) is 1. The molecule has 0 saturated heterocycles. The molecule has 172 valence electrons. The molecule has 0 atom stereocenters. The zero-order valence-corrected chi connectivity index (χ0v) is 20.3. The number of thiophene rings is 1. The predicted octanol–water partition coefficient (Wildman–Crippen LogP) is 5.20. The van der Waals surface area contributed by atoms with Gasteiger partial charge in [-0.3, -0.25) is 19.1 Å². The Morgan fingerprint density at radius 2 is 1.91 bits per heavy atom. The van der Waals surface area contributed by atoms with E-state index in [4.69, 9.17) is 0 Å². The summed E-state index contributed by atoms with van der Waals surface area (Å²) < 4.78 is 1.93. The van der Waals surface area contributed by atoms with Crippen LogP contribution in [0.2, 0.25) is 0 Å². The molecular formula is C25H23N5O2S2. The van der Waals surface area contributed by atoms with Crippen molar-refractivity contribution in [3.05, 3.63) is 70.9 Å². The van der Waals surface area contributed by atoms with Crippen LogP contribution in [0.15, 0.2) is 60.0 Å². The van der Waals surface area contributed by atoms with Crippen molar-refractivity contribution in [1.29, 1.82) is 0 Å². The van der Waals surface area contributed by atoms with Gasteiger partial charge in [-0.25, -0.2) is 0 Å². The third-order valence-electron chi connectivity index (χ3n) is 5.68. The van der Waals surface area contributed by atoms with E-state index in [0.717, 1.165) is 42.5 Å². The van der Waals surface area contributed by atoms with Crippen molar-refractivity contribution in [2.75, 3.05) is 11.1 Å². The van der Waals surface area contributed by atoms with Gasteiger partial charge in [0.15, 0.2) is 16.8 Å². The van der Waals surface area contributed by atoms with Gasteiger partial charge in [0.2, 0.25) is 5.91 Å². The van der Waals surface area contributed by atoms with Crippen LogP contribution in [-0.2, 0) is 17.6 Å². The van der Waals surface area contributed by atoms with Gasteiger partial charge in [0.25, 0.3) is 0 Å². The van der Waals surface area contributed by atoms with Crippen molar-refractivity contribution < 1.29 is 9.59 Å². The topological polar surface area (TPSA) is 89.8 Å². The van der Waals surface area contributed by atoms with Gasteiger partial charge in [-0.1, -0.05) is 30.0 Å². The molecule has 0 unspecified atom stereocenters. The largest absolute Gasteiger partial charge is 0.316 e. The van der Waals surface area contributed by atoms with Crippen LogP contribution in [0.25, 0.3) is 17.1 Å². The van der Waals surface area contributed by atoms with Gasteiger partial charge in [-0.2, -0.15) is 0 Å². The molecule has 1 aromatic carbocycles. The lowest BCUT2D eigenvalue weighted by Gasteiger charge is -2.11. The molecule has 0 spiro atoms. The van der Waals surface area contributed by atoms with Crippen LogP contribution < -0.4 is 5.32 Å². The first kappa shape index (κ1) is 22.5. The average molecular weight is 490 g/mol. The zero-order chi connectivity index (χ0) is 23.5. The minimum atomic E-state index is -0.170. The molecule has 1 aliphatic rings. The molecule has 0 bridgehead atoms. The van der Waals surface area contributed by atoms with Crippen molar-refractivity contribution in [1.82, 2.24) is 19.7 Å². The quantitative estimate of drug-likeness (QED) is 0.283. The van der Waals surface area contributed by atoms with E-state index in [1.807, 2.05) is 47.0 Å². The first-order chi connectivity index (χ1) is 16.6. The Morgan fingerprint density at radius 3 is 2.68 bits per heavy atom. The fourth-order valence-corrected chi connectivity index (χ4v) is 6.28. The third-order valence-corrected chi connectivity index (χ3v) is 7.81. The van der Waals surface area contributed by atoms with Crippen molar-refractivity contribution in [2.24, 2.45) is 0 Å². The summed E-state index contributed by atoms with van der Waals surface area (Å²) in [6, 6.07) is 13.6. The maximum atomic E-state index is 12.9. The highest BCUT2D eigenvalue weighted by Gasteiger charge is 2.25. The van der Waals surface area contributed by atoms with Crippen LogP contribution in [0.3, 0.4) is 0 Å². The Bertz CT molecular complexity index is 1330. The number of para-hydroxylation sites is 1. The molecule has 1 N–H and O–H groups in total. The third kappa shape index (κ3) is 4.53. The Hall–Kier alpha value is -3.30. The second kappa shape index (κ2) is 9.90. The zero-order valence-electron chi connectivity index (χ0n) is 18.7. The number of nitrogens with zero attached hydrogens (tertiary/aromatic N) is 4. The van der Waals surface area contributed by atoms with E-state index in [2.05, 4.69) is 20.5 Å². The van der Waals surface area contributed by atoms with Crippen molar-refractivity contribution >= 4 is 39.8 Å². The Kier molecular flexibility index (Phi) is 6.55. The van der Waals surface area contributed by atoms with E-state index in [9.17, 15) is 9.59 Å². The van der Waals surface area contributed by atoms with E-state index in [0.29, 0.717) is 21.5 Å². The van der Waals surface area contributed by atoms with Crippen LogP contribution in [0.5, 0.6) is 0 Å². The Balaban J connectivity index is 1.38. The molecular weight excluding hydrogens is 466 g/mol. The van der Waals surface area contributed by atoms with E-state index in [1.165, 1.54) is 28.0 Å². The van der Waals surface area contributed by atoms with Crippen LogP contribution in [0, 0.1) is 0 Å². The first-order valence-electron chi connectivity index (χ1n) is 11.1. The molecule has 1 amide bonds. The van der Waals surface area contributed by atoms with Crippen LogP contribution in [0.1, 0.15) is 40.6 Å². The SMILES string of the molecule is CC(=O)c1c(NC(=O)CSc2nnc(-c3cccnc3)n2-c2ccccc2)sc2c1CCCC2. The molecule has 34 heavy (non-hydrogen) atoms. The van der Waals surface area contributed by atoms with Gasteiger partial charge in [-0.05, 0) is 62.4 Å². The van der Waals surface area contributed by atoms with E-state index in [-0.39, 0.29) is 17.4 Å². The maximum Gasteiger partial charge on any atom is 0.235 e. The van der Waals surface area contributed by atoms with E-state index in [1.54, 1.807) is 19.3 Å². The number of pyridine rings is 1. The Labute approximate surface area is 205 Å². The highest BCUT2D eigenvalue weighted by Crippen LogP contribution is 2.38. The summed E-state index contributed by atoms with van der Waals surface area (Å²) >= 11 is 2.85. The summed E-state index contributed by atoms with van der Waals surface area (Å²) in [6.45, 7) is 1.57. The lowest BCUT2D eigenvalue weighted by Crippen LogP contribution is -2.16. The van der Waals surface area contributed by atoms with E-state index < -0.39 is 0 Å². The monoisotopic (exact) mass is 489 g/mol. The molecule has 3 heterocycles. The number of nitrogens with one attached hydrogen (secondary N) is 1. The van der Waals surface area contributed by atoms with E-state index >= 15 is 0 Å². The molecule has 4 aromatic rings. The fourth-order valence-electron chi connectivity index (χ4n) is 4.17. The summed E-state index contributed by atoms with van der Waals surface area (Å²) in [5.41, 5.74) is 3.55. The number of aromatic nitrogens is 4. The fraction of sp³-hybridized carbons (Fsp3) is 0.240. The molecule has 0 radical (unpaired) electrons. The van der Waals surface area contributed by atoms with Gasteiger partial charge >= 0.3 is 0 Å². The predicted molar refractivity (Wildman–Crippen MR) is 135 cm³/mol. The molecule has 7 nitrogen and oxygen atoms in total. The molecule has 0 aliphatic heterocycles. The molecule has 3 aromatic heterocycles. The van der Waals surface area contributed by atoms with Crippen molar-refractivity contribution in [3.8, 4) is 17.1 Å². The summed E-state index contributed by atoms with van der Waals surface area (Å²) in [4.78, 5) is 30.6. The number of amides is 1. The van der Waals surface area contributed by atoms with Crippen LogP contribution in [0.4, 0.5) is 5.00 Å². The standard InChI is InChI=1S/C25H23N5O2S2/c1-16(31)22-19-11-5-6-12-20(19)34-24(22)27-21(32)15-33-25-29-28-23(17-8-7-13-26-14-17)30(25)18-9-3-2-4-10-18/h2-4,7-10,13-14H,5-6,11-12,15H2,1H3,(H,27,32). The number of hydrogen-bond donors (Lipinski definition) is 1. The number of rotatable bonds is 7. The number of benzene rings is 1. The molecule has 0 fully saturated rings. The van der Waals surface area contributed by atoms with Crippen LogP contribution >= 0.6 is 23.1 Å². The summed E-state index contributed by atoms with van der Waals surface area (Å²) in [6.07, 6.45) is 7.55. The normalized spacial score (nSPS) is 12.9. The summed E-state index contributed by atoms with van der Waals surface area (Å²) in [5.74, 6) is 0.647. The number of carbonyl (C=O) groups is 2. The number of fused-ring (bicyclic) bond motifs is 1. The van der Waals surface area contributed by atoms with Gasteiger partial charge < -0.3 is 5.32 Å². The van der Waals surface area contributed by atoms with Gasteiger partial charge in [-0.15, -0.1) is 21.5 Å². The highest BCUT2D eigenvalue weighted by atomic mass is 32.2. The minimum Gasteiger partial charge on any atom is -0.316 e. The first-order valence-corrected chi connectivity index (χ1v) is 12.9. The number of aryl methyl sites for hydroxylation is 1. The van der Waals surface area contributed by atoms with Gasteiger partial charge in [0.05, 0.1) is 11.3 Å².